The molecule has 4 aliphatic rings. The number of nitrogens with zero attached hydrogens (tertiary/aromatic N) is 1. The molecule has 0 radical (unpaired) electrons. The van der Waals surface area contributed by atoms with Crippen molar-refractivity contribution in [2.45, 2.75) is 58.4 Å². The molecule has 4 bridgehead atoms. The quantitative estimate of drug-likeness (QED) is 0.653. The molecule has 1 aromatic rings. The number of rotatable bonds is 8. The third-order valence-corrected chi connectivity index (χ3v) is 7.79. The van der Waals surface area contributed by atoms with Gasteiger partial charge < -0.3 is 10.6 Å². The van der Waals surface area contributed by atoms with Gasteiger partial charge in [0.1, 0.15) is 17.3 Å². The number of para-hydroxylation sites is 1. The van der Waals surface area contributed by atoms with Gasteiger partial charge in [-0.2, -0.15) is 0 Å². The lowest BCUT2D eigenvalue weighted by Gasteiger charge is -2.59. The van der Waals surface area contributed by atoms with Crippen LogP contribution >= 0.6 is 0 Å². The summed E-state index contributed by atoms with van der Waals surface area (Å²) in [5, 5.41) is 5.49. The lowest BCUT2D eigenvalue weighted by molar-refractivity contribution is -0.127. The molecule has 5 nitrogen and oxygen atoms in total. The van der Waals surface area contributed by atoms with Crippen molar-refractivity contribution < 1.29 is 18.4 Å². The smallest absolute Gasteiger partial charge is 0.238 e. The van der Waals surface area contributed by atoms with Crippen LogP contribution in [0.4, 0.5) is 14.5 Å². The van der Waals surface area contributed by atoms with Gasteiger partial charge in [0.2, 0.25) is 11.8 Å². The SMILES string of the molecule is CCN(CC(=O)Nc1c(F)cccc1F)CC(=O)N[C@@H](C)C12CC3CC(CC(C3)C1)C2. The first-order valence-corrected chi connectivity index (χ1v) is 11.5. The van der Waals surface area contributed by atoms with Gasteiger partial charge in [0, 0.05) is 6.04 Å². The molecule has 0 heterocycles. The van der Waals surface area contributed by atoms with E-state index in [2.05, 4.69) is 17.6 Å². The van der Waals surface area contributed by atoms with E-state index in [0.29, 0.717) is 6.54 Å². The minimum absolute atomic E-state index is 0.0837. The lowest BCUT2D eigenvalue weighted by Crippen LogP contribution is -2.56. The van der Waals surface area contributed by atoms with Gasteiger partial charge in [0.25, 0.3) is 0 Å². The zero-order chi connectivity index (χ0) is 22.2. The standard InChI is InChI=1S/C24H33F2N3O2/c1-3-29(14-22(31)28-23-19(25)5-4-6-20(23)26)13-21(30)27-15(2)24-10-16-7-17(11-24)9-18(8-16)12-24/h4-6,15-18H,3,7-14H2,1-2H3,(H,27,30)(H,28,31)/t15-,16?,17?,18?,24?/m0/s1. The maximum atomic E-state index is 13.8. The van der Waals surface area contributed by atoms with E-state index < -0.39 is 23.2 Å². The maximum Gasteiger partial charge on any atom is 0.238 e. The maximum absolute atomic E-state index is 13.8. The molecule has 0 spiro atoms. The molecule has 0 unspecified atom stereocenters. The molecule has 0 aliphatic heterocycles. The number of benzene rings is 1. The van der Waals surface area contributed by atoms with E-state index >= 15 is 0 Å². The molecular weight excluding hydrogens is 400 g/mol. The van der Waals surface area contributed by atoms with Gasteiger partial charge in [-0.15, -0.1) is 0 Å². The van der Waals surface area contributed by atoms with Crippen molar-refractivity contribution in [3.8, 4) is 0 Å². The first kappa shape index (κ1) is 22.2. The molecule has 1 aromatic carbocycles. The third-order valence-electron chi connectivity index (χ3n) is 7.79. The van der Waals surface area contributed by atoms with Crippen LogP contribution in [0.15, 0.2) is 18.2 Å². The largest absolute Gasteiger partial charge is 0.352 e. The fourth-order valence-corrected chi connectivity index (χ4v) is 6.63. The van der Waals surface area contributed by atoms with Crippen molar-refractivity contribution in [3.05, 3.63) is 29.8 Å². The Bertz CT molecular complexity index is 789. The summed E-state index contributed by atoms with van der Waals surface area (Å²) in [7, 11) is 0. The minimum atomic E-state index is -0.821. The Kier molecular flexibility index (Phi) is 6.33. The van der Waals surface area contributed by atoms with Crippen molar-refractivity contribution in [1.29, 1.82) is 0 Å². The summed E-state index contributed by atoms with van der Waals surface area (Å²) >= 11 is 0. The highest BCUT2D eigenvalue weighted by atomic mass is 19.1. The molecule has 4 aliphatic carbocycles. The van der Waals surface area contributed by atoms with E-state index in [1.807, 2.05) is 6.92 Å². The van der Waals surface area contributed by atoms with E-state index in [-0.39, 0.29) is 30.5 Å². The Morgan fingerprint density at radius 3 is 2.06 bits per heavy atom. The van der Waals surface area contributed by atoms with Gasteiger partial charge in [0.15, 0.2) is 0 Å². The number of anilines is 1. The Morgan fingerprint density at radius 2 is 1.55 bits per heavy atom. The minimum Gasteiger partial charge on any atom is -0.352 e. The van der Waals surface area contributed by atoms with E-state index in [0.717, 1.165) is 29.9 Å². The van der Waals surface area contributed by atoms with Crippen LogP contribution in [0.3, 0.4) is 0 Å². The number of amides is 2. The normalized spacial score (nSPS) is 29.8. The van der Waals surface area contributed by atoms with Gasteiger partial charge in [-0.3, -0.25) is 14.5 Å². The fraction of sp³-hybridized carbons (Fsp3) is 0.667. The van der Waals surface area contributed by atoms with Crippen LogP contribution in [0.25, 0.3) is 0 Å². The highest BCUT2D eigenvalue weighted by Crippen LogP contribution is 2.61. The molecule has 0 saturated heterocycles. The van der Waals surface area contributed by atoms with E-state index in [9.17, 15) is 18.4 Å². The van der Waals surface area contributed by atoms with Gasteiger partial charge in [-0.1, -0.05) is 13.0 Å². The van der Waals surface area contributed by atoms with Crippen LogP contribution in [0, 0.1) is 34.8 Å². The van der Waals surface area contributed by atoms with Crippen LogP contribution < -0.4 is 10.6 Å². The monoisotopic (exact) mass is 433 g/mol. The number of likely N-dealkylation sites (N-methyl/N-ethyl adjacent to an activating group) is 1. The molecule has 1 atom stereocenters. The highest BCUT2D eigenvalue weighted by molar-refractivity contribution is 5.92. The van der Waals surface area contributed by atoms with Gasteiger partial charge in [-0.05, 0) is 87.3 Å². The Labute approximate surface area is 182 Å². The van der Waals surface area contributed by atoms with Gasteiger partial charge in [0.05, 0.1) is 13.1 Å². The summed E-state index contributed by atoms with van der Waals surface area (Å²) < 4.78 is 27.5. The average molecular weight is 434 g/mol. The molecule has 4 fully saturated rings. The number of nitrogens with one attached hydrogen (secondary N) is 2. The first-order chi connectivity index (χ1) is 14.8. The number of hydrogen-bond acceptors (Lipinski definition) is 3. The number of carbonyl (C=O) groups is 2. The van der Waals surface area contributed by atoms with E-state index in [1.54, 1.807) is 4.90 Å². The number of halogens is 2. The van der Waals surface area contributed by atoms with Crippen LogP contribution in [-0.4, -0.2) is 42.4 Å². The van der Waals surface area contributed by atoms with Crippen molar-refractivity contribution >= 4 is 17.5 Å². The van der Waals surface area contributed by atoms with Crippen LogP contribution in [0.5, 0.6) is 0 Å². The van der Waals surface area contributed by atoms with Crippen molar-refractivity contribution in [1.82, 2.24) is 10.2 Å². The molecule has 31 heavy (non-hydrogen) atoms. The average Bonchev–Trinajstić information content (AvgIpc) is 2.69. The molecule has 2 N–H and O–H groups in total. The Balaban J connectivity index is 1.30. The second-order valence-corrected chi connectivity index (χ2v) is 10.0. The highest BCUT2D eigenvalue weighted by Gasteiger charge is 2.53. The first-order valence-electron chi connectivity index (χ1n) is 11.5. The molecular formula is C24H33F2N3O2. The number of hydrogen-bond donors (Lipinski definition) is 2. The second kappa shape index (κ2) is 8.85. The van der Waals surface area contributed by atoms with Crippen molar-refractivity contribution in [2.24, 2.45) is 23.2 Å². The topological polar surface area (TPSA) is 61.4 Å². The second-order valence-electron chi connectivity index (χ2n) is 10.0. The summed E-state index contributed by atoms with van der Waals surface area (Å²) in [6.45, 7) is 4.44. The predicted molar refractivity (Wildman–Crippen MR) is 115 cm³/mol. The van der Waals surface area contributed by atoms with E-state index in [1.165, 1.54) is 44.6 Å². The fourth-order valence-electron chi connectivity index (χ4n) is 6.63. The number of carbonyl (C=O) groups excluding carboxylic acids is 2. The summed E-state index contributed by atoms with van der Waals surface area (Å²) in [6.07, 6.45) is 7.74. The molecule has 5 rings (SSSR count). The zero-order valence-corrected chi connectivity index (χ0v) is 18.4. The predicted octanol–water partition coefficient (Wildman–Crippen LogP) is 3.95. The molecule has 2 amide bonds. The van der Waals surface area contributed by atoms with Crippen LogP contribution in [0.2, 0.25) is 0 Å². The van der Waals surface area contributed by atoms with Gasteiger partial charge >= 0.3 is 0 Å². The van der Waals surface area contributed by atoms with Gasteiger partial charge in [-0.25, -0.2) is 8.78 Å². The summed E-state index contributed by atoms with van der Waals surface area (Å²) in [6, 6.07) is 3.55. The molecule has 0 aromatic heterocycles. The molecule has 4 saturated carbocycles. The van der Waals surface area contributed by atoms with Crippen LogP contribution in [-0.2, 0) is 9.59 Å². The summed E-state index contributed by atoms with van der Waals surface area (Å²) in [5.74, 6) is 0.167. The Morgan fingerprint density at radius 1 is 1.03 bits per heavy atom. The third kappa shape index (κ3) is 4.76. The van der Waals surface area contributed by atoms with Crippen molar-refractivity contribution in [2.75, 3.05) is 25.0 Å². The van der Waals surface area contributed by atoms with Crippen LogP contribution in [0.1, 0.15) is 52.4 Å². The Hall–Kier alpha value is -2.02. The molecule has 7 heteroatoms. The van der Waals surface area contributed by atoms with E-state index in [4.69, 9.17) is 0 Å². The molecule has 170 valence electrons. The summed E-state index contributed by atoms with van der Waals surface area (Å²) in [5.41, 5.74) is -0.232. The van der Waals surface area contributed by atoms with Crippen molar-refractivity contribution in [3.63, 3.8) is 0 Å². The lowest BCUT2D eigenvalue weighted by atomic mass is 9.48. The zero-order valence-electron chi connectivity index (χ0n) is 18.4. The summed E-state index contributed by atoms with van der Waals surface area (Å²) in [4.78, 5) is 26.7.